The van der Waals surface area contributed by atoms with E-state index in [1.54, 1.807) is 12.1 Å². The van der Waals surface area contributed by atoms with Gasteiger partial charge in [-0.25, -0.2) is 14.6 Å². The van der Waals surface area contributed by atoms with Crippen LogP contribution in [0.1, 0.15) is 17.5 Å². The number of nitrogens with zero attached hydrogens (tertiary/aromatic N) is 1. The summed E-state index contributed by atoms with van der Waals surface area (Å²) >= 11 is 0. The normalized spacial score (nSPS) is 16.5. The van der Waals surface area contributed by atoms with E-state index in [0.29, 0.717) is 24.1 Å². The van der Waals surface area contributed by atoms with Crippen LogP contribution in [-0.2, 0) is 6.42 Å². The number of hydrazone groups is 1. The zero-order valence-corrected chi connectivity index (χ0v) is 7.96. The van der Waals surface area contributed by atoms with Crippen LogP contribution in [-0.4, -0.2) is 11.7 Å². The summed E-state index contributed by atoms with van der Waals surface area (Å²) in [6, 6.07) is 4.11. The Morgan fingerprint density at radius 3 is 3.00 bits per heavy atom. The highest BCUT2D eigenvalue weighted by Crippen LogP contribution is 2.24. The minimum atomic E-state index is -0.715. The van der Waals surface area contributed by atoms with Crippen molar-refractivity contribution in [1.29, 1.82) is 0 Å². The third-order valence-electron chi connectivity index (χ3n) is 2.34. The standard InChI is InChI=1S/C10H10FN3O/c11-8-3-1-2-7-6(8)4-5-9(7)13-14-10(12)15/h1-3H,4-5H2,(H3,12,14,15)/b13-9-. The second-order valence-corrected chi connectivity index (χ2v) is 3.30. The van der Waals surface area contributed by atoms with Gasteiger partial charge in [0, 0.05) is 5.56 Å². The molecule has 1 aromatic rings. The molecule has 0 saturated heterocycles. The Hall–Kier alpha value is -1.91. The predicted molar refractivity (Wildman–Crippen MR) is 54.0 cm³/mol. The number of hydrogen-bond acceptors (Lipinski definition) is 2. The van der Waals surface area contributed by atoms with Crippen LogP contribution >= 0.6 is 0 Å². The smallest absolute Gasteiger partial charge is 0.332 e. The summed E-state index contributed by atoms with van der Waals surface area (Å²) in [5.41, 5.74) is 9.12. The zero-order chi connectivity index (χ0) is 10.8. The maximum absolute atomic E-state index is 13.3. The summed E-state index contributed by atoms with van der Waals surface area (Å²) in [6.07, 6.45) is 1.23. The van der Waals surface area contributed by atoms with Gasteiger partial charge in [0.1, 0.15) is 5.82 Å². The number of urea groups is 1. The monoisotopic (exact) mass is 207 g/mol. The highest BCUT2D eigenvalue weighted by atomic mass is 19.1. The fraction of sp³-hybridized carbons (Fsp3) is 0.200. The van der Waals surface area contributed by atoms with Crippen molar-refractivity contribution in [2.24, 2.45) is 10.8 Å². The second-order valence-electron chi connectivity index (χ2n) is 3.30. The number of primary amides is 1. The van der Waals surface area contributed by atoms with Crippen molar-refractivity contribution < 1.29 is 9.18 Å². The maximum atomic E-state index is 13.3. The van der Waals surface area contributed by atoms with Crippen molar-refractivity contribution in [3.63, 3.8) is 0 Å². The first-order valence-corrected chi connectivity index (χ1v) is 4.58. The molecule has 0 bridgehead atoms. The SMILES string of the molecule is NC(=O)N/N=C1/CCc2c(F)cccc21. The number of carbonyl (C=O) groups is 1. The van der Waals surface area contributed by atoms with E-state index < -0.39 is 6.03 Å². The lowest BCUT2D eigenvalue weighted by Crippen LogP contribution is -2.25. The molecule has 4 nitrogen and oxygen atoms in total. The van der Waals surface area contributed by atoms with Crippen LogP contribution in [0, 0.1) is 5.82 Å². The maximum Gasteiger partial charge on any atom is 0.332 e. The number of amides is 2. The number of halogens is 1. The quantitative estimate of drug-likeness (QED) is 0.666. The number of carbonyl (C=O) groups excluding carboxylic acids is 1. The Bertz CT molecular complexity index is 442. The molecule has 1 aliphatic carbocycles. The fourth-order valence-corrected chi connectivity index (χ4v) is 1.70. The van der Waals surface area contributed by atoms with Crippen molar-refractivity contribution in [1.82, 2.24) is 5.43 Å². The average Bonchev–Trinajstić information content (AvgIpc) is 2.59. The molecule has 1 aliphatic rings. The van der Waals surface area contributed by atoms with Crippen LogP contribution < -0.4 is 11.2 Å². The van der Waals surface area contributed by atoms with E-state index in [2.05, 4.69) is 10.5 Å². The van der Waals surface area contributed by atoms with Gasteiger partial charge in [0.25, 0.3) is 0 Å². The van der Waals surface area contributed by atoms with E-state index in [1.807, 2.05) is 0 Å². The molecule has 0 unspecified atom stereocenters. The molecule has 3 N–H and O–H groups in total. The molecule has 2 amide bonds. The lowest BCUT2D eigenvalue weighted by Gasteiger charge is -2.00. The minimum absolute atomic E-state index is 0.225. The Morgan fingerprint density at radius 1 is 1.47 bits per heavy atom. The van der Waals surface area contributed by atoms with E-state index in [1.165, 1.54) is 6.07 Å². The summed E-state index contributed by atoms with van der Waals surface area (Å²) < 4.78 is 13.3. The average molecular weight is 207 g/mol. The van der Waals surface area contributed by atoms with E-state index >= 15 is 0 Å². The van der Waals surface area contributed by atoms with Crippen molar-refractivity contribution in [3.8, 4) is 0 Å². The van der Waals surface area contributed by atoms with E-state index in [9.17, 15) is 9.18 Å². The summed E-state index contributed by atoms with van der Waals surface area (Å²) in [5.74, 6) is -0.225. The molecule has 78 valence electrons. The van der Waals surface area contributed by atoms with Crippen molar-refractivity contribution in [2.75, 3.05) is 0 Å². The minimum Gasteiger partial charge on any atom is -0.350 e. The Morgan fingerprint density at radius 2 is 2.27 bits per heavy atom. The van der Waals surface area contributed by atoms with Gasteiger partial charge in [-0.05, 0) is 24.5 Å². The van der Waals surface area contributed by atoms with Gasteiger partial charge >= 0.3 is 6.03 Å². The Balaban J connectivity index is 2.32. The topological polar surface area (TPSA) is 67.5 Å². The summed E-state index contributed by atoms with van der Waals surface area (Å²) in [4.78, 5) is 10.5. The third-order valence-corrected chi connectivity index (χ3v) is 2.34. The van der Waals surface area contributed by atoms with Crippen LogP contribution in [0.4, 0.5) is 9.18 Å². The van der Waals surface area contributed by atoms with E-state index in [0.717, 1.165) is 5.56 Å². The number of nitrogens with one attached hydrogen (secondary N) is 1. The largest absolute Gasteiger partial charge is 0.350 e. The van der Waals surface area contributed by atoms with Gasteiger partial charge in [0.15, 0.2) is 0 Å². The van der Waals surface area contributed by atoms with E-state index in [4.69, 9.17) is 5.73 Å². The highest BCUT2D eigenvalue weighted by molar-refractivity contribution is 6.04. The Kier molecular flexibility index (Phi) is 2.37. The van der Waals surface area contributed by atoms with Crippen LogP contribution in [0.3, 0.4) is 0 Å². The molecular weight excluding hydrogens is 197 g/mol. The first kappa shape index (κ1) is 9.64. The molecule has 0 fully saturated rings. The van der Waals surface area contributed by atoms with Gasteiger partial charge in [-0.3, -0.25) is 0 Å². The molecular formula is C10H10FN3O. The van der Waals surface area contributed by atoms with E-state index in [-0.39, 0.29) is 5.82 Å². The van der Waals surface area contributed by atoms with Gasteiger partial charge in [-0.15, -0.1) is 0 Å². The number of fused-ring (bicyclic) bond motifs is 1. The van der Waals surface area contributed by atoms with Crippen molar-refractivity contribution >= 4 is 11.7 Å². The van der Waals surface area contributed by atoms with Crippen LogP contribution in [0.15, 0.2) is 23.3 Å². The van der Waals surface area contributed by atoms with Gasteiger partial charge in [0.05, 0.1) is 5.71 Å². The summed E-state index contributed by atoms with van der Waals surface area (Å²) in [5, 5.41) is 3.83. The fourth-order valence-electron chi connectivity index (χ4n) is 1.70. The van der Waals surface area contributed by atoms with Crippen LogP contribution in [0.5, 0.6) is 0 Å². The van der Waals surface area contributed by atoms with Crippen molar-refractivity contribution in [2.45, 2.75) is 12.8 Å². The highest BCUT2D eigenvalue weighted by Gasteiger charge is 2.20. The third kappa shape index (κ3) is 1.81. The molecule has 2 rings (SSSR count). The predicted octanol–water partition coefficient (Wildman–Crippen LogP) is 1.14. The molecule has 0 radical (unpaired) electrons. The number of rotatable bonds is 1. The second kappa shape index (κ2) is 3.68. The van der Waals surface area contributed by atoms with Crippen molar-refractivity contribution in [3.05, 3.63) is 35.1 Å². The first-order valence-electron chi connectivity index (χ1n) is 4.58. The lowest BCUT2D eigenvalue weighted by atomic mass is 10.1. The summed E-state index contributed by atoms with van der Waals surface area (Å²) in [6.45, 7) is 0. The molecule has 0 saturated carbocycles. The van der Waals surface area contributed by atoms with Gasteiger partial charge < -0.3 is 5.73 Å². The number of benzene rings is 1. The van der Waals surface area contributed by atoms with Crippen LogP contribution in [0.25, 0.3) is 0 Å². The molecule has 0 spiro atoms. The van der Waals surface area contributed by atoms with Gasteiger partial charge in [-0.1, -0.05) is 12.1 Å². The lowest BCUT2D eigenvalue weighted by molar-refractivity contribution is 0.249. The molecule has 0 atom stereocenters. The number of nitrogens with two attached hydrogens (primary N) is 1. The van der Waals surface area contributed by atoms with Gasteiger partial charge in [-0.2, -0.15) is 5.10 Å². The summed E-state index contributed by atoms with van der Waals surface area (Å²) in [7, 11) is 0. The molecule has 1 aromatic carbocycles. The first-order chi connectivity index (χ1) is 7.18. The zero-order valence-electron chi connectivity index (χ0n) is 7.96. The molecule has 5 heteroatoms. The Labute approximate surface area is 86.0 Å². The molecule has 0 aliphatic heterocycles. The molecule has 15 heavy (non-hydrogen) atoms. The molecule has 0 heterocycles. The van der Waals surface area contributed by atoms with Gasteiger partial charge in [0.2, 0.25) is 0 Å². The number of hydrogen-bond donors (Lipinski definition) is 2. The van der Waals surface area contributed by atoms with Crippen LogP contribution in [0.2, 0.25) is 0 Å². The molecule has 0 aromatic heterocycles.